The molecule has 4 fully saturated rings. The van der Waals surface area contributed by atoms with E-state index in [-0.39, 0.29) is 77.9 Å². The van der Waals surface area contributed by atoms with Crippen LogP contribution in [-0.2, 0) is 19.7 Å². The van der Waals surface area contributed by atoms with Crippen molar-refractivity contribution in [3.8, 4) is 0 Å². The first-order valence-electron chi connectivity index (χ1n) is 14.7. The van der Waals surface area contributed by atoms with Gasteiger partial charge in [0.2, 0.25) is 11.8 Å². The van der Waals surface area contributed by atoms with Crippen LogP contribution in [0.25, 0.3) is 0 Å². The van der Waals surface area contributed by atoms with Crippen LogP contribution in [0.3, 0.4) is 0 Å². The van der Waals surface area contributed by atoms with Crippen LogP contribution in [0, 0.1) is 46.3 Å². The molecular formula is C28H48N2O8S. The Bertz CT molecular complexity index is 1020. The zero-order chi connectivity index (χ0) is 28.8. The molecule has 2 amide bonds. The molecule has 0 spiro atoms. The molecule has 4 saturated carbocycles. The summed E-state index contributed by atoms with van der Waals surface area (Å²) in [5.41, 5.74) is -0.297. The third-order valence-corrected chi connectivity index (χ3v) is 12.2. The van der Waals surface area contributed by atoms with Crippen molar-refractivity contribution in [2.75, 3.05) is 18.8 Å². The van der Waals surface area contributed by atoms with Gasteiger partial charge in [-0.05, 0) is 97.7 Å². The molecule has 0 radical (unpaired) electrons. The van der Waals surface area contributed by atoms with Crippen LogP contribution in [-0.4, -0.2) is 77.3 Å². The summed E-state index contributed by atoms with van der Waals surface area (Å²) in [5, 5.41) is 38.3. The zero-order valence-electron chi connectivity index (χ0n) is 23.5. The molecule has 0 aromatic heterocycles. The molecule has 39 heavy (non-hydrogen) atoms. The van der Waals surface area contributed by atoms with E-state index < -0.39 is 34.0 Å². The summed E-state index contributed by atoms with van der Waals surface area (Å²) < 4.78 is 30.2. The highest BCUT2D eigenvalue weighted by atomic mass is 32.2. The van der Waals surface area contributed by atoms with Crippen molar-refractivity contribution in [1.82, 2.24) is 10.6 Å². The summed E-state index contributed by atoms with van der Waals surface area (Å²) in [6.45, 7) is 6.15. The summed E-state index contributed by atoms with van der Waals surface area (Å²) in [6.07, 6.45) is 5.44. The second-order valence-corrected chi connectivity index (χ2v) is 15.0. The molecule has 224 valence electrons. The number of carbonyl (C=O) groups is 2. The highest BCUT2D eigenvalue weighted by Crippen LogP contribution is 2.68. The summed E-state index contributed by atoms with van der Waals surface area (Å²) in [5.74, 6) is -0.0801. The Morgan fingerprint density at radius 2 is 1.69 bits per heavy atom. The molecule has 0 saturated heterocycles. The van der Waals surface area contributed by atoms with Crippen LogP contribution in [0.5, 0.6) is 0 Å². The van der Waals surface area contributed by atoms with E-state index in [9.17, 15) is 33.3 Å². The molecule has 0 aromatic carbocycles. The second-order valence-electron chi connectivity index (χ2n) is 13.5. The molecule has 0 aromatic rings. The molecule has 4 rings (SSSR count). The van der Waals surface area contributed by atoms with Gasteiger partial charge in [0.1, 0.15) is 0 Å². The summed E-state index contributed by atoms with van der Waals surface area (Å²) in [4.78, 5) is 24.2. The minimum atomic E-state index is -4.16. The Labute approximate surface area is 232 Å². The largest absolute Gasteiger partial charge is 0.393 e. The lowest BCUT2D eigenvalue weighted by molar-refractivity contribution is -0.207. The summed E-state index contributed by atoms with van der Waals surface area (Å²) in [7, 11) is -4.16. The number of hydrogen-bond donors (Lipinski definition) is 6. The Morgan fingerprint density at radius 1 is 0.974 bits per heavy atom. The number of fused-ring (bicyclic) bond motifs is 5. The molecule has 10 nitrogen and oxygen atoms in total. The van der Waals surface area contributed by atoms with Crippen molar-refractivity contribution in [3.63, 3.8) is 0 Å². The first-order valence-corrected chi connectivity index (χ1v) is 16.3. The molecule has 11 atom stereocenters. The minimum Gasteiger partial charge on any atom is -0.393 e. The van der Waals surface area contributed by atoms with Crippen molar-refractivity contribution in [1.29, 1.82) is 0 Å². The van der Waals surface area contributed by atoms with E-state index in [1.165, 1.54) is 0 Å². The van der Waals surface area contributed by atoms with E-state index in [0.29, 0.717) is 12.8 Å². The third kappa shape index (κ3) is 6.17. The molecular weight excluding hydrogens is 524 g/mol. The number of carbonyl (C=O) groups excluding carboxylic acids is 2. The van der Waals surface area contributed by atoms with Crippen LogP contribution >= 0.6 is 0 Å². The SMILES string of the molecule is C[C@@H](CCC(=O)NCC(=O)NCCS(=O)(=O)O)[C@@H]1CC[C@@H]2[C@H]3[C@H](O)C[C@H]4C[C@@H](O)CC[C@]4(C)[C@@H]3C[C@@H](O)[C@@]21C. The normalized spacial score (nSPS) is 42.5. The van der Waals surface area contributed by atoms with E-state index in [2.05, 4.69) is 31.4 Å². The van der Waals surface area contributed by atoms with Gasteiger partial charge < -0.3 is 26.0 Å². The van der Waals surface area contributed by atoms with E-state index >= 15 is 0 Å². The van der Waals surface area contributed by atoms with Gasteiger partial charge in [0, 0.05) is 13.0 Å². The number of aliphatic hydroxyl groups excluding tert-OH is 3. The average Bonchev–Trinajstić information content (AvgIpc) is 3.20. The van der Waals surface area contributed by atoms with Crippen molar-refractivity contribution in [3.05, 3.63) is 0 Å². The fraction of sp³-hybridized carbons (Fsp3) is 0.929. The van der Waals surface area contributed by atoms with Crippen LogP contribution in [0.15, 0.2) is 0 Å². The quantitative estimate of drug-likeness (QED) is 0.225. The summed E-state index contributed by atoms with van der Waals surface area (Å²) in [6, 6.07) is 0. The molecule has 4 aliphatic carbocycles. The third-order valence-electron chi connectivity index (χ3n) is 11.5. The highest BCUT2D eigenvalue weighted by Gasteiger charge is 2.65. The maximum absolute atomic E-state index is 12.4. The van der Waals surface area contributed by atoms with Gasteiger partial charge in [-0.3, -0.25) is 14.1 Å². The molecule has 0 unspecified atom stereocenters. The molecule has 0 heterocycles. The monoisotopic (exact) mass is 572 g/mol. The lowest BCUT2D eigenvalue weighted by atomic mass is 9.43. The molecule has 0 aliphatic heterocycles. The Balaban J connectivity index is 1.33. The molecule has 6 N–H and O–H groups in total. The number of aliphatic hydroxyl groups is 3. The molecule has 11 heteroatoms. The lowest BCUT2D eigenvalue weighted by Crippen LogP contribution is -2.62. The van der Waals surface area contributed by atoms with Gasteiger partial charge >= 0.3 is 0 Å². The first-order chi connectivity index (χ1) is 18.2. The standard InChI is InChI=1S/C28H48N2O8S/c1-16(4-7-24(34)30-15-25(35)29-10-11-39(36,37)38)19-5-6-20-26-21(14-23(33)28(19,20)3)27(2)9-8-18(31)12-17(27)13-22(26)32/h16-23,26,31-33H,4-15H2,1-3H3,(H,29,35)(H,30,34)(H,36,37,38)/t16-,17+,18-,19-,20+,21+,22+,23+,26+,27-,28+/m0/s1. The fourth-order valence-corrected chi connectivity index (χ4v) is 9.70. The van der Waals surface area contributed by atoms with E-state index in [1.807, 2.05) is 0 Å². The zero-order valence-corrected chi connectivity index (χ0v) is 24.3. The van der Waals surface area contributed by atoms with E-state index in [4.69, 9.17) is 4.55 Å². The number of amides is 2. The van der Waals surface area contributed by atoms with Crippen LogP contribution in [0.2, 0.25) is 0 Å². The number of rotatable bonds is 9. The van der Waals surface area contributed by atoms with Crippen molar-refractivity contribution < 1.29 is 37.9 Å². The Kier molecular flexibility index (Phi) is 9.08. The number of nitrogens with one attached hydrogen (secondary N) is 2. The van der Waals surface area contributed by atoms with E-state index in [1.54, 1.807) is 0 Å². The van der Waals surface area contributed by atoms with Crippen molar-refractivity contribution in [2.45, 2.75) is 96.9 Å². The minimum absolute atomic E-state index is 0.0336. The van der Waals surface area contributed by atoms with Crippen LogP contribution in [0.4, 0.5) is 0 Å². The second kappa shape index (κ2) is 11.5. The van der Waals surface area contributed by atoms with Gasteiger partial charge in [-0.25, -0.2) is 0 Å². The van der Waals surface area contributed by atoms with Crippen molar-refractivity contribution >= 4 is 21.9 Å². The molecule has 4 aliphatic rings. The maximum atomic E-state index is 12.4. The van der Waals surface area contributed by atoms with E-state index in [0.717, 1.165) is 38.5 Å². The van der Waals surface area contributed by atoms with Gasteiger partial charge in [0.25, 0.3) is 10.1 Å². The predicted molar refractivity (Wildman–Crippen MR) is 145 cm³/mol. The van der Waals surface area contributed by atoms with Crippen molar-refractivity contribution in [2.24, 2.45) is 46.3 Å². The summed E-state index contributed by atoms with van der Waals surface area (Å²) >= 11 is 0. The van der Waals surface area contributed by atoms with Crippen LogP contribution in [0.1, 0.15) is 78.6 Å². The van der Waals surface area contributed by atoms with Gasteiger partial charge in [-0.1, -0.05) is 20.8 Å². The van der Waals surface area contributed by atoms with Gasteiger partial charge in [-0.15, -0.1) is 0 Å². The lowest BCUT2D eigenvalue weighted by Gasteiger charge is -2.63. The van der Waals surface area contributed by atoms with Gasteiger partial charge in [0.05, 0.1) is 30.6 Å². The fourth-order valence-electron chi connectivity index (χ4n) is 9.34. The van der Waals surface area contributed by atoms with Gasteiger partial charge in [0.15, 0.2) is 0 Å². The Hall–Kier alpha value is -1.27. The van der Waals surface area contributed by atoms with Gasteiger partial charge in [-0.2, -0.15) is 8.42 Å². The Morgan fingerprint density at radius 3 is 2.38 bits per heavy atom. The highest BCUT2D eigenvalue weighted by molar-refractivity contribution is 7.85. The topological polar surface area (TPSA) is 173 Å². The molecule has 0 bridgehead atoms. The first kappa shape index (κ1) is 30.7. The average molecular weight is 573 g/mol. The smallest absolute Gasteiger partial charge is 0.266 e. The van der Waals surface area contributed by atoms with Crippen LogP contribution < -0.4 is 10.6 Å². The predicted octanol–water partition coefficient (Wildman–Crippen LogP) is 1.48. The maximum Gasteiger partial charge on any atom is 0.266 e. The number of hydrogen-bond acceptors (Lipinski definition) is 7.